The average molecular weight is 1580 g/mol. The van der Waals surface area contributed by atoms with Gasteiger partial charge in [0.15, 0.2) is 0 Å². The molecule has 0 aliphatic heterocycles. The number of amides is 4. The van der Waals surface area contributed by atoms with Crippen LogP contribution in [-0.2, 0) is 65.4 Å². The second-order valence-corrected chi connectivity index (χ2v) is 32.5. The van der Waals surface area contributed by atoms with Crippen LogP contribution in [0.2, 0.25) is 0 Å². The van der Waals surface area contributed by atoms with Crippen LogP contribution >= 0.6 is 15.6 Å². The van der Waals surface area contributed by atoms with Gasteiger partial charge in [0.25, 0.3) is 0 Å². The lowest BCUT2D eigenvalue weighted by Crippen LogP contribution is -2.43. The molecule has 0 spiro atoms. The second kappa shape index (κ2) is 76.3. The van der Waals surface area contributed by atoms with E-state index in [1.807, 2.05) is 0 Å². The summed E-state index contributed by atoms with van der Waals surface area (Å²) >= 11 is 0. The minimum absolute atomic E-state index is 0.133. The largest absolute Gasteiger partial charge is 0.472 e. The monoisotopic (exact) mass is 1580 g/mol. The van der Waals surface area contributed by atoms with Gasteiger partial charge in [0, 0.05) is 39.1 Å². The predicted octanol–water partition coefficient (Wildman–Crippen LogP) is 19.6. The standard InChI is InChI=1S/C83H160N4O19P2/c1-7-13-19-25-29-33-37-43-49-55-77(105-81(92)57-51-45-39-35-31-27-21-15-9-3)67-79(90)86-73(69-99-63-59-75(88)53-47-41-23-17-11-5)71-103-107(95,96)101-65-61-84-83(94)85-62-66-102-108(97,98)104-72-74(70-100-64-60-76(89)54-48-42-24-18-12-6)87-80(91)68-78(56-50-44-38-34-30-26-20-14-8-2)106-82(93)58-52-46-40-36-32-28-22-16-10-4/h35-36,39-40,73-78,88-89H,7-34,37-38,41-72H2,1-6H3,(H,86,90)(H,87,91)(H,95,96)(H,97,98)(H2,84,85,94)/t73?,74?,75-,76-,77-,78-/m1/s1. The Morgan fingerprint density at radius 3 is 0.954 bits per heavy atom. The first-order valence-electron chi connectivity index (χ1n) is 43.4. The van der Waals surface area contributed by atoms with Gasteiger partial charge in [-0.3, -0.25) is 37.3 Å². The van der Waals surface area contributed by atoms with Crippen molar-refractivity contribution in [3.8, 4) is 0 Å². The topological polar surface area (TPSA) is 322 Å². The maximum Gasteiger partial charge on any atom is 0.472 e. The third kappa shape index (κ3) is 72.9. The van der Waals surface area contributed by atoms with Gasteiger partial charge in [-0.05, 0) is 103 Å². The summed E-state index contributed by atoms with van der Waals surface area (Å²) in [5.74, 6) is -1.68. The molecule has 4 amide bonds. The molecule has 0 aromatic rings. The molecule has 636 valence electrons. The predicted molar refractivity (Wildman–Crippen MR) is 435 cm³/mol. The van der Waals surface area contributed by atoms with Crippen LogP contribution < -0.4 is 21.3 Å². The second-order valence-electron chi connectivity index (χ2n) is 29.6. The summed E-state index contributed by atoms with van der Waals surface area (Å²) in [6, 6.07) is -2.66. The van der Waals surface area contributed by atoms with Crippen molar-refractivity contribution in [1.82, 2.24) is 21.3 Å². The Kier molecular flexibility index (Phi) is 74.0. The number of allylic oxidation sites excluding steroid dienone is 4. The van der Waals surface area contributed by atoms with Gasteiger partial charge in [0.05, 0.1) is 76.8 Å². The molecule has 0 saturated carbocycles. The van der Waals surface area contributed by atoms with Crippen LogP contribution in [-0.4, -0.2) is 152 Å². The first-order valence-corrected chi connectivity index (χ1v) is 46.4. The molecule has 108 heavy (non-hydrogen) atoms. The molecule has 0 fully saturated rings. The summed E-state index contributed by atoms with van der Waals surface area (Å²) in [6.45, 7) is 10.6. The molecule has 0 aliphatic carbocycles. The lowest BCUT2D eigenvalue weighted by atomic mass is 10.0. The molecule has 0 aliphatic rings. The van der Waals surface area contributed by atoms with Gasteiger partial charge in [0.1, 0.15) is 12.2 Å². The van der Waals surface area contributed by atoms with Crippen molar-refractivity contribution >= 4 is 45.4 Å². The lowest BCUT2D eigenvalue weighted by Gasteiger charge is -2.23. The molecule has 4 unspecified atom stereocenters. The van der Waals surface area contributed by atoms with Crippen molar-refractivity contribution in [1.29, 1.82) is 0 Å². The van der Waals surface area contributed by atoms with Crippen LogP contribution in [0.3, 0.4) is 0 Å². The molecule has 0 bridgehead atoms. The number of rotatable bonds is 82. The van der Waals surface area contributed by atoms with Crippen molar-refractivity contribution in [3.63, 3.8) is 0 Å². The summed E-state index contributed by atoms with van der Waals surface area (Å²) in [7, 11) is -9.59. The fourth-order valence-corrected chi connectivity index (χ4v) is 13.9. The van der Waals surface area contributed by atoms with Gasteiger partial charge in [0.2, 0.25) is 11.8 Å². The fourth-order valence-electron chi connectivity index (χ4n) is 12.4. The van der Waals surface area contributed by atoms with E-state index in [0.717, 1.165) is 154 Å². The quantitative estimate of drug-likeness (QED) is 0.0121. The zero-order valence-corrected chi connectivity index (χ0v) is 70.7. The van der Waals surface area contributed by atoms with Gasteiger partial charge < -0.3 is 60.2 Å². The first-order chi connectivity index (χ1) is 52.3. The molecule has 8 N–H and O–H groups in total. The summed E-state index contributed by atoms with van der Waals surface area (Å²) in [5.41, 5.74) is 0. The molecule has 0 heterocycles. The van der Waals surface area contributed by atoms with Crippen molar-refractivity contribution in [2.24, 2.45) is 0 Å². The Morgan fingerprint density at radius 2 is 0.630 bits per heavy atom. The summed E-state index contributed by atoms with van der Waals surface area (Å²) in [5, 5.41) is 31.9. The number of nitrogens with one attached hydrogen (secondary N) is 4. The number of ether oxygens (including phenoxy) is 4. The van der Waals surface area contributed by atoms with E-state index < -0.39 is 96.4 Å². The maximum atomic E-state index is 13.8. The maximum absolute atomic E-state index is 13.8. The number of carbonyl (C=O) groups is 5. The van der Waals surface area contributed by atoms with Crippen LogP contribution in [0.1, 0.15) is 375 Å². The lowest BCUT2D eigenvalue weighted by molar-refractivity contribution is -0.152. The number of carbonyl (C=O) groups excluding carboxylic acids is 5. The van der Waals surface area contributed by atoms with E-state index in [1.165, 1.54) is 103 Å². The molecule has 0 radical (unpaired) electrons. The van der Waals surface area contributed by atoms with Gasteiger partial charge in [-0.2, -0.15) is 0 Å². The zero-order chi connectivity index (χ0) is 79.5. The van der Waals surface area contributed by atoms with Crippen LogP contribution in [0.15, 0.2) is 24.3 Å². The van der Waals surface area contributed by atoms with Gasteiger partial charge >= 0.3 is 33.6 Å². The minimum Gasteiger partial charge on any atom is -0.462 e. The highest BCUT2D eigenvalue weighted by molar-refractivity contribution is 7.47. The zero-order valence-electron chi connectivity index (χ0n) is 68.9. The molecule has 0 saturated heterocycles. The van der Waals surface area contributed by atoms with Crippen LogP contribution in [0.5, 0.6) is 0 Å². The Balaban J connectivity index is 5.84. The van der Waals surface area contributed by atoms with Crippen molar-refractivity contribution in [2.45, 2.75) is 412 Å². The van der Waals surface area contributed by atoms with E-state index in [-0.39, 0.29) is 77.1 Å². The van der Waals surface area contributed by atoms with E-state index in [2.05, 4.69) is 87.1 Å². The van der Waals surface area contributed by atoms with E-state index >= 15 is 0 Å². The number of aliphatic hydroxyl groups is 2. The number of urea groups is 1. The summed E-state index contributed by atoms with van der Waals surface area (Å²) < 4.78 is 71.2. The Morgan fingerprint density at radius 1 is 0.343 bits per heavy atom. The number of hydrogen-bond donors (Lipinski definition) is 8. The molecule has 23 nitrogen and oxygen atoms in total. The van der Waals surface area contributed by atoms with E-state index in [9.17, 15) is 53.1 Å². The number of unbranched alkanes of at least 4 members (excludes halogenated alkanes) is 34. The number of phosphoric acid groups is 2. The fraction of sp³-hybridized carbons (Fsp3) is 0.892. The highest BCUT2D eigenvalue weighted by atomic mass is 31.2. The highest BCUT2D eigenvalue weighted by Crippen LogP contribution is 2.44. The molecular weight excluding hydrogens is 1420 g/mol. The Labute approximate surface area is 655 Å². The summed E-state index contributed by atoms with van der Waals surface area (Å²) in [6.07, 6.45) is 53.9. The smallest absolute Gasteiger partial charge is 0.462 e. The number of esters is 2. The highest BCUT2D eigenvalue weighted by Gasteiger charge is 2.29. The Bertz CT molecular complexity index is 2120. The minimum atomic E-state index is -4.79. The normalized spacial score (nSPS) is 14.6. The molecular formula is C83H160N4O19P2. The molecule has 25 heteroatoms. The van der Waals surface area contributed by atoms with Crippen molar-refractivity contribution in [2.75, 3.05) is 65.9 Å². The molecule has 0 aromatic carbocycles. The van der Waals surface area contributed by atoms with Crippen LogP contribution in [0.25, 0.3) is 0 Å². The van der Waals surface area contributed by atoms with Crippen molar-refractivity contribution in [3.05, 3.63) is 24.3 Å². The van der Waals surface area contributed by atoms with Crippen molar-refractivity contribution < 1.29 is 90.1 Å². The molecule has 0 rings (SSSR count). The van der Waals surface area contributed by atoms with E-state index in [1.54, 1.807) is 0 Å². The third-order valence-corrected chi connectivity index (χ3v) is 20.9. The average Bonchev–Trinajstić information content (AvgIpc) is 0.909. The molecule has 8 atom stereocenters. The van der Waals surface area contributed by atoms with Crippen LogP contribution in [0.4, 0.5) is 4.79 Å². The summed E-state index contributed by atoms with van der Waals surface area (Å²) in [4.78, 5) is 88.3. The third-order valence-electron chi connectivity index (χ3n) is 19.0. The van der Waals surface area contributed by atoms with Gasteiger partial charge in [-0.25, -0.2) is 13.9 Å². The van der Waals surface area contributed by atoms with Gasteiger partial charge in [-0.1, -0.05) is 271 Å². The van der Waals surface area contributed by atoms with E-state index in [4.69, 9.17) is 37.0 Å². The number of hydrogen-bond acceptors (Lipinski definition) is 17. The number of phosphoric ester groups is 2. The molecule has 0 aromatic heterocycles. The van der Waals surface area contributed by atoms with Crippen LogP contribution in [0, 0.1) is 0 Å². The first kappa shape index (κ1) is 105. The SMILES string of the molecule is CCCCCCC=CCCCC(=O)O[C@H](CCCCCCCCCCC)CC(=O)NC(COCC[C@H](O)CCCCCCC)COP(=O)(O)OCCNC(=O)NCCOP(=O)(O)OCC(COCC[C@H](O)CCCCCCC)NC(=O)C[C@@H](CCCCCCCCCCC)OC(=O)CCCC=CCCCCCC. The van der Waals surface area contributed by atoms with Gasteiger partial charge in [-0.15, -0.1) is 0 Å². The van der Waals surface area contributed by atoms with E-state index in [0.29, 0.717) is 51.4 Å². The number of aliphatic hydroxyl groups excluding tert-OH is 2. The Hall–Kier alpha value is -3.31.